The molecule has 0 heterocycles. The Morgan fingerprint density at radius 2 is 1.52 bits per heavy atom. The minimum Gasteiger partial charge on any atom is -0.493 e. The van der Waals surface area contributed by atoms with E-state index in [0.717, 1.165) is 41.1 Å². The van der Waals surface area contributed by atoms with Crippen LogP contribution in [0.25, 0.3) is 0 Å². The van der Waals surface area contributed by atoms with Gasteiger partial charge < -0.3 is 10.1 Å². The number of nitrogens with one attached hydrogen (secondary N) is 1. The number of rotatable bonds is 14. The topological polar surface area (TPSA) is 24.5 Å². The molecule has 7 heteroatoms. The maximum atomic E-state index is 13.6. The molecule has 0 unspecified atom stereocenters. The second-order valence-electron chi connectivity index (χ2n) is 10.9. The molecule has 5 rings (SSSR count). The molecule has 42 heavy (non-hydrogen) atoms. The second-order valence-corrected chi connectivity index (χ2v) is 11.3. The first-order chi connectivity index (χ1) is 20.4. The molecule has 220 valence electrons. The highest BCUT2D eigenvalue weighted by Gasteiger charge is 2.34. The van der Waals surface area contributed by atoms with Gasteiger partial charge in [-0.15, -0.1) is 0 Å². The Morgan fingerprint density at radius 1 is 0.857 bits per heavy atom. The zero-order chi connectivity index (χ0) is 29.4. The third-order valence-electron chi connectivity index (χ3n) is 7.64. The number of halogens is 4. The monoisotopic (exact) mass is 592 g/mol. The lowest BCUT2D eigenvalue weighted by Gasteiger charge is -2.29. The Kier molecular flexibility index (Phi) is 10.1. The van der Waals surface area contributed by atoms with E-state index in [0.29, 0.717) is 38.2 Å². The van der Waals surface area contributed by atoms with Gasteiger partial charge in [-0.1, -0.05) is 90.5 Å². The maximum Gasteiger partial charge on any atom is 0.417 e. The number of nitrogens with zero attached hydrogens (tertiary/aromatic N) is 1. The van der Waals surface area contributed by atoms with Crippen LogP contribution >= 0.6 is 11.6 Å². The molecule has 0 saturated heterocycles. The average molecular weight is 593 g/mol. The molecule has 0 atom stereocenters. The highest BCUT2D eigenvalue weighted by molar-refractivity contribution is 6.32. The van der Waals surface area contributed by atoms with Gasteiger partial charge in [0, 0.05) is 43.9 Å². The Bertz CT molecular complexity index is 1370. The predicted octanol–water partition coefficient (Wildman–Crippen LogP) is 9.28. The third kappa shape index (κ3) is 8.52. The molecule has 0 aromatic heterocycles. The summed E-state index contributed by atoms with van der Waals surface area (Å²) in [5.41, 5.74) is 3.00. The van der Waals surface area contributed by atoms with Crippen molar-refractivity contribution in [1.29, 1.82) is 0 Å². The van der Waals surface area contributed by atoms with Gasteiger partial charge in [-0.3, -0.25) is 4.90 Å². The Labute approximate surface area is 251 Å². The summed E-state index contributed by atoms with van der Waals surface area (Å²) < 4.78 is 47.0. The standard InChI is InChI=1S/C35H36ClF3N2O/c36-34-29(14-7-17-33(34)35(37,38)39)24-41(25-32(27-10-3-1-4-11-27)28-12-5-2-6-13-28)20-9-21-42-31-16-8-15-30(22-31)40-23-26-18-19-26/h1-8,10-17,22,26,32,40H,9,18-21,23-25H2. The number of alkyl halides is 3. The van der Waals surface area contributed by atoms with Crippen LogP contribution in [0.2, 0.25) is 5.02 Å². The van der Waals surface area contributed by atoms with Crippen LogP contribution in [0.15, 0.2) is 103 Å². The highest BCUT2D eigenvalue weighted by Crippen LogP contribution is 2.37. The number of anilines is 1. The molecule has 0 aliphatic heterocycles. The lowest BCUT2D eigenvalue weighted by Crippen LogP contribution is -2.31. The Balaban J connectivity index is 1.31. The lowest BCUT2D eigenvalue weighted by atomic mass is 9.90. The Morgan fingerprint density at radius 3 is 2.17 bits per heavy atom. The van der Waals surface area contributed by atoms with Crippen molar-refractivity contribution in [3.63, 3.8) is 0 Å². The highest BCUT2D eigenvalue weighted by atomic mass is 35.5. The van der Waals surface area contributed by atoms with Gasteiger partial charge in [0.15, 0.2) is 0 Å². The molecule has 0 amide bonds. The first kappa shape index (κ1) is 30.0. The van der Waals surface area contributed by atoms with Gasteiger partial charge in [0.05, 0.1) is 17.2 Å². The molecule has 1 aliphatic carbocycles. The van der Waals surface area contributed by atoms with E-state index >= 15 is 0 Å². The van der Waals surface area contributed by atoms with Gasteiger partial charge >= 0.3 is 6.18 Å². The zero-order valence-corrected chi connectivity index (χ0v) is 24.2. The van der Waals surface area contributed by atoms with Gasteiger partial charge in [0.2, 0.25) is 0 Å². The van der Waals surface area contributed by atoms with Gasteiger partial charge in [0.1, 0.15) is 5.75 Å². The van der Waals surface area contributed by atoms with Crippen molar-refractivity contribution in [2.24, 2.45) is 5.92 Å². The predicted molar refractivity (Wildman–Crippen MR) is 164 cm³/mol. The van der Waals surface area contributed by atoms with Crippen molar-refractivity contribution in [1.82, 2.24) is 4.90 Å². The average Bonchev–Trinajstić information content (AvgIpc) is 3.83. The molecular weight excluding hydrogens is 557 g/mol. The van der Waals surface area contributed by atoms with Crippen LogP contribution in [-0.2, 0) is 12.7 Å². The van der Waals surface area contributed by atoms with Crippen LogP contribution in [0.4, 0.5) is 18.9 Å². The van der Waals surface area contributed by atoms with Crippen molar-refractivity contribution >= 4 is 17.3 Å². The van der Waals surface area contributed by atoms with Crippen LogP contribution in [0.1, 0.15) is 47.4 Å². The van der Waals surface area contributed by atoms with Crippen LogP contribution in [0, 0.1) is 5.92 Å². The van der Waals surface area contributed by atoms with E-state index in [-0.39, 0.29) is 10.9 Å². The lowest BCUT2D eigenvalue weighted by molar-refractivity contribution is -0.137. The van der Waals surface area contributed by atoms with Crippen LogP contribution in [0.5, 0.6) is 5.75 Å². The van der Waals surface area contributed by atoms with Gasteiger partial charge in [-0.2, -0.15) is 13.2 Å². The van der Waals surface area contributed by atoms with E-state index in [2.05, 4.69) is 34.5 Å². The molecule has 1 fully saturated rings. The minimum absolute atomic E-state index is 0.0344. The molecule has 1 saturated carbocycles. The summed E-state index contributed by atoms with van der Waals surface area (Å²) in [6.45, 7) is 3.00. The fourth-order valence-electron chi connectivity index (χ4n) is 5.19. The van der Waals surface area contributed by atoms with Crippen LogP contribution < -0.4 is 10.1 Å². The molecule has 0 spiro atoms. The minimum atomic E-state index is -4.51. The zero-order valence-electron chi connectivity index (χ0n) is 23.5. The summed E-state index contributed by atoms with van der Waals surface area (Å²) in [5.74, 6) is 1.61. The van der Waals surface area contributed by atoms with E-state index < -0.39 is 11.7 Å². The third-order valence-corrected chi connectivity index (χ3v) is 8.08. The first-order valence-electron chi connectivity index (χ1n) is 14.5. The SMILES string of the molecule is FC(F)(F)c1cccc(CN(CCCOc2cccc(NCC3CC3)c2)CC(c2ccccc2)c2ccccc2)c1Cl. The van der Waals surface area contributed by atoms with Crippen molar-refractivity contribution in [2.75, 3.05) is 31.6 Å². The normalized spacial score (nSPS) is 13.5. The van der Waals surface area contributed by atoms with Crippen LogP contribution in [-0.4, -0.2) is 31.1 Å². The largest absolute Gasteiger partial charge is 0.493 e. The van der Waals surface area contributed by atoms with E-state index in [9.17, 15) is 13.2 Å². The smallest absolute Gasteiger partial charge is 0.417 e. The quantitative estimate of drug-likeness (QED) is 0.148. The summed E-state index contributed by atoms with van der Waals surface area (Å²) in [6.07, 6.45) is -1.22. The molecule has 4 aromatic rings. The first-order valence-corrected chi connectivity index (χ1v) is 14.9. The summed E-state index contributed by atoms with van der Waals surface area (Å²) in [5, 5.41) is 3.24. The number of hydrogen-bond donors (Lipinski definition) is 1. The number of hydrogen-bond acceptors (Lipinski definition) is 3. The second kappa shape index (κ2) is 14.1. The fourth-order valence-corrected chi connectivity index (χ4v) is 5.48. The van der Waals surface area contributed by atoms with E-state index in [1.54, 1.807) is 6.07 Å². The summed E-state index contributed by atoms with van der Waals surface area (Å²) >= 11 is 6.34. The van der Waals surface area contributed by atoms with Gasteiger partial charge in [-0.05, 0) is 60.1 Å². The van der Waals surface area contributed by atoms with Crippen molar-refractivity contribution in [3.05, 3.63) is 130 Å². The fraction of sp³-hybridized carbons (Fsp3) is 0.314. The number of benzene rings is 4. The van der Waals surface area contributed by atoms with Crippen molar-refractivity contribution in [3.8, 4) is 5.75 Å². The Hall–Kier alpha value is -3.48. The molecule has 1 N–H and O–H groups in total. The summed E-state index contributed by atoms with van der Waals surface area (Å²) in [4.78, 5) is 2.18. The van der Waals surface area contributed by atoms with E-state index in [4.69, 9.17) is 16.3 Å². The van der Waals surface area contributed by atoms with Crippen molar-refractivity contribution < 1.29 is 17.9 Å². The molecule has 0 radical (unpaired) electrons. The van der Waals surface area contributed by atoms with E-state index in [1.807, 2.05) is 60.7 Å². The molecule has 0 bridgehead atoms. The molecule has 1 aliphatic rings. The molecule has 4 aromatic carbocycles. The molecular formula is C35H36ClF3N2O. The number of ether oxygens (including phenoxy) is 1. The van der Waals surface area contributed by atoms with Gasteiger partial charge in [-0.25, -0.2) is 0 Å². The van der Waals surface area contributed by atoms with Crippen LogP contribution in [0.3, 0.4) is 0 Å². The maximum absolute atomic E-state index is 13.6. The van der Waals surface area contributed by atoms with E-state index in [1.165, 1.54) is 18.9 Å². The summed E-state index contributed by atoms with van der Waals surface area (Å²) in [7, 11) is 0. The van der Waals surface area contributed by atoms with Crippen molar-refractivity contribution in [2.45, 2.75) is 37.9 Å². The van der Waals surface area contributed by atoms with Gasteiger partial charge in [0.25, 0.3) is 0 Å². The molecule has 3 nitrogen and oxygen atoms in total. The summed E-state index contributed by atoms with van der Waals surface area (Å²) in [6, 6.07) is 32.6.